The second-order valence-corrected chi connectivity index (χ2v) is 6.10. The molecule has 20 heavy (non-hydrogen) atoms. The third-order valence-corrected chi connectivity index (χ3v) is 4.41. The first-order valence-electron chi connectivity index (χ1n) is 7.49. The van der Waals surface area contributed by atoms with Crippen LogP contribution in [0.2, 0.25) is 0 Å². The van der Waals surface area contributed by atoms with E-state index in [4.69, 9.17) is 0 Å². The first kappa shape index (κ1) is 13.4. The lowest BCUT2D eigenvalue weighted by molar-refractivity contribution is 0.517. The molecule has 1 aliphatic carbocycles. The van der Waals surface area contributed by atoms with E-state index in [9.17, 15) is 0 Å². The Morgan fingerprint density at radius 3 is 2.25 bits per heavy atom. The Morgan fingerprint density at radius 2 is 1.65 bits per heavy atom. The van der Waals surface area contributed by atoms with Crippen LogP contribution in [-0.4, -0.2) is 7.05 Å². The van der Waals surface area contributed by atoms with Crippen LogP contribution < -0.4 is 5.32 Å². The summed E-state index contributed by atoms with van der Waals surface area (Å²) >= 11 is 0. The molecule has 3 atom stereocenters. The molecule has 3 unspecified atom stereocenters. The van der Waals surface area contributed by atoms with Gasteiger partial charge < -0.3 is 5.32 Å². The number of rotatable bonds is 4. The van der Waals surface area contributed by atoms with Crippen molar-refractivity contribution in [2.24, 2.45) is 5.92 Å². The SMILES string of the molecule is CNC(c1cc(C)cc(C)c1)C1CC1c1ccccc1. The van der Waals surface area contributed by atoms with Crippen LogP contribution in [-0.2, 0) is 0 Å². The normalized spacial score (nSPS) is 22.6. The van der Waals surface area contributed by atoms with Crippen molar-refractivity contribution in [1.29, 1.82) is 0 Å². The van der Waals surface area contributed by atoms with E-state index in [0.29, 0.717) is 6.04 Å². The lowest BCUT2D eigenvalue weighted by Crippen LogP contribution is -2.19. The zero-order valence-electron chi connectivity index (χ0n) is 12.6. The van der Waals surface area contributed by atoms with Crippen molar-refractivity contribution in [2.75, 3.05) is 7.05 Å². The van der Waals surface area contributed by atoms with E-state index in [2.05, 4.69) is 74.7 Å². The second kappa shape index (κ2) is 5.41. The molecule has 0 spiro atoms. The third-order valence-electron chi connectivity index (χ3n) is 4.41. The highest BCUT2D eigenvalue weighted by Crippen LogP contribution is 2.54. The molecule has 1 nitrogen and oxygen atoms in total. The molecule has 1 heteroatoms. The average molecular weight is 265 g/mol. The Morgan fingerprint density at radius 1 is 1.00 bits per heavy atom. The first-order valence-corrected chi connectivity index (χ1v) is 7.49. The summed E-state index contributed by atoms with van der Waals surface area (Å²) in [6.45, 7) is 4.37. The van der Waals surface area contributed by atoms with Gasteiger partial charge in [-0.1, -0.05) is 59.7 Å². The van der Waals surface area contributed by atoms with Crippen molar-refractivity contribution in [1.82, 2.24) is 5.32 Å². The van der Waals surface area contributed by atoms with E-state index < -0.39 is 0 Å². The van der Waals surface area contributed by atoms with E-state index >= 15 is 0 Å². The maximum absolute atomic E-state index is 3.53. The van der Waals surface area contributed by atoms with Gasteiger partial charge in [-0.15, -0.1) is 0 Å². The van der Waals surface area contributed by atoms with Crippen molar-refractivity contribution < 1.29 is 0 Å². The van der Waals surface area contributed by atoms with Gasteiger partial charge in [0, 0.05) is 6.04 Å². The Hall–Kier alpha value is -1.60. The molecule has 104 valence electrons. The lowest BCUT2D eigenvalue weighted by Gasteiger charge is -2.18. The van der Waals surface area contributed by atoms with Crippen LogP contribution in [0.15, 0.2) is 48.5 Å². The topological polar surface area (TPSA) is 12.0 Å². The molecule has 1 fully saturated rings. The Kier molecular flexibility index (Phi) is 3.62. The van der Waals surface area contributed by atoms with Crippen LogP contribution >= 0.6 is 0 Å². The fraction of sp³-hybridized carbons (Fsp3) is 0.368. The van der Waals surface area contributed by atoms with Gasteiger partial charge in [0.05, 0.1) is 0 Å². The van der Waals surface area contributed by atoms with E-state index in [1.807, 2.05) is 0 Å². The standard InChI is InChI=1S/C19H23N/c1-13-9-14(2)11-16(10-13)19(20-3)18-12-17(18)15-7-5-4-6-8-15/h4-11,17-20H,12H2,1-3H3. The van der Waals surface area contributed by atoms with Gasteiger partial charge in [-0.05, 0) is 50.3 Å². The van der Waals surface area contributed by atoms with Crippen molar-refractivity contribution >= 4 is 0 Å². The molecule has 1 aliphatic rings. The van der Waals surface area contributed by atoms with Gasteiger partial charge in [0.1, 0.15) is 0 Å². The third kappa shape index (κ3) is 2.64. The summed E-state index contributed by atoms with van der Waals surface area (Å²) in [5, 5.41) is 3.53. The Balaban J connectivity index is 1.82. The van der Waals surface area contributed by atoms with Gasteiger partial charge in [-0.25, -0.2) is 0 Å². The zero-order chi connectivity index (χ0) is 14.1. The summed E-state index contributed by atoms with van der Waals surface area (Å²) in [5.74, 6) is 1.44. The van der Waals surface area contributed by atoms with Crippen LogP contribution in [0, 0.1) is 19.8 Å². The second-order valence-electron chi connectivity index (χ2n) is 6.10. The molecule has 0 heterocycles. The van der Waals surface area contributed by atoms with E-state index in [1.54, 1.807) is 0 Å². The fourth-order valence-electron chi connectivity index (χ4n) is 3.48. The van der Waals surface area contributed by atoms with Crippen LogP contribution in [0.1, 0.15) is 40.6 Å². The van der Waals surface area contributed by atoms with Crippen LogP contribution in [0.3, 0.4) is 0 Å². The molecular formula is C19H23N. The number of benzene rings is 2. The van der Waals surface area contributed by atoms with Gasteiger partial charge in [0.25, 0.3) is 0 Å². The monoisotopic (exact) mass is 265 g/mol. The van der Waals surface area contributed by atoms with Gasteiger partial charge in [0.15, 0.2) is 0 Å². The van der Waals surface area contributed by atoms with Gasteiger partial charge in [-0.3, -0.25) is 0 Å². The van der Waals surface area contributed by atoms with E-state index in [0.717, 1.165) is 11.8 Å². The molecule has 2 aromatic rings. The summed E-state index contributed by atoms with van der Waals surface area (Å²) in [7, 11) is 2.09. The number of aryl methyl sites for hydroxylation is 2. The van der Waals surface area contributed by atoms with Crippen LogP contribution in [0.4, 0.5) is 0 Å². The van der Waals surface area contributed by atoms with Crippen LogP contribution in [0.25, 0.3) is 0 Å². The summed E-state index contributed by atoms with van der Waals surface area (Å²) in [5.41, 5.74) is 5.64. The zero-order valence-corrected chi connectivity index (χ0v) is 12.6. The number of hydrogen-bond donors (Lipinski definition) is 1. The van der Waals surface area contributed by atoms with Crippen LogP contribution in [0.5, 0.6) is 0 Å². The predicted molar refractivity (Wildman–Crippen MR) is 85.0 cm³/mol. The fourth-order valence-corrected chi connectivity index (χ4v) is 3.48. The van der Waals surface area contributed by atoms with Gasteiger partial charge in [-0.2, -0.15) is 0 Å². The van der Waals surface area contributed by atoms with Crippen molar-refractivity contribution in [3.05, 3.63) is 70.8 Å². The van der Waals surface area contributed by atoms with E-state index in [-0.39, 0.29) is 0 Å². The Bertz CT molecular complexity index is 568. The predicted octanol–water partition coefficient (Wildman–Crippen LogP) is 4.37. The molecule has 2 aromatic carbocycles. The highest BCUT2D eigenvalue weighted by molar-refractivity contribution is 5.34. The van der Waals surface area contributed by atoms with Crippen molar-refractivity contribution in [3.8, 4) is 0 Å². The van der Waals surface area contributed by atoms with Gasteiger partial charge in [0.2, 0.25) is 0 Å². The molecule has 0 radical (unpaired) electrons. The lowest BCUT2D eigenvalue weighted by atomic mass is 9.96. The maximum Gasteiger partial charge on any atom is 0.0352 e. The molecule has 0 amide bonds. The Labute approximate surface area is 122 Å². The first-order chi connectivity index (χ1) is 9.69. The maximum atomic E-state index is 3.53. The minimum absolute atomic E-state index is 0.471. The largest absolute Gasteiger partial charge is 0.313 e. The van der Waals surface area contributed by atoms with Crippen molar-refractivity contribution in [2.45, 2.75) is 32.2 Å². The highest BCUT2D eigenvalue weighted by Gasteiger charge is 2.43. The molecule has 0 aromatic heterocycles. The number of nitrogens with one attached hydrogen (secondary N) is 1. The smallest absolute Gasteiger partial charge is 0.0352 e. The molecule has 0 saturated heterocycles. The van der Waals surface area contributed by atoms with Gasteiger partial charge >= 0.3 is 0 Å². The molecule has 0 aliphatic heterocycles. The molecule has 0 bridgehead atoms. The summed E-state index contributed by atoms with van der Waals surface area (Å²) < 4.78 is 0. The summed E-state index contributed by atoms with van der Waals surface area (Å²) in [6, 6.07) is 18.3. The van der Waals surface area contributed by atoms with E-state index in [1.165, 1.54) is 28.7 Å². The summed E-state index contributed by atoms with van der Waals surface area (Å²) in [4.78, 5) is 0. The number of hydrogen-bond acceptors (Lipinski definition) is 1. The molecular weight excluding hydrogens is 242 g/mol. The highest BCUT2D eigenvalue weighted by atomic mass is 14.9. The molecule has 3 rings (SSSR count). The average Bonchev–Trinajstić information content (AvgIpc) is 3.20. The minimum atomic E-state index is 0.471. The summed E-state index contributed by atoms with van der Waals surface area (Å²) in [6.07, 6.45) is 1.29. The molecule has 1 saturated carbocycles. The minimum Gasteiger partial charge on any atom is -0.313 e. The van der Waals surface area contributed by atoms with Crippen molar-refractivity contribution in [3.63, 3.8) is 0 Å². The molecule has 1 N–H and O–H groups in total. The quantitative estimate of drug-likeness (QED) is 0.865.